The fourth-order valence-corrected chi connectivity index (χ4v) is 3.17. The fourth-order valence-electron chi connectivity index (χ4n) is 3.17. The number of esters is 1. The highest BCUT2D eigenvalue weighted by Crippen LogP contribution is 2.24. The zero-order valence-electron chi connectivity index (χ0n) is 14.1. The van der Waals surface area contributed by atoms with Crippen LogP contribution in [0.15, 0.2) is 54.9 Å². The Hall–Kier alpha value is -2.36. The first-order valence-corrected chi connectivity index (χ1v) is 8.58. The number of carbonyl (C=O) groups is 1. The molecule has 0 unspecified atom stereocenters. The van der Waals surface area contributed by atoms with E-state index in [4.69, 9.17) is 4.74 Å². The van der Waals surface area contributed by atoms with Gasteiger partial charge in [-0.3, -0.25) is 9.78 Å². The molecule has 4 heteroatoms. The van der Waals surface area contributed by atoms with Crippen LogP contribution in [0, 0.1) is 5.92 Å². The van der Waals surface area contributed by atoms with Gasteiger partial charge in [0.25, 0.3) is 0 Å². The van der Waals surface area contributed by atoms with Gasteiger partial charge in [0.1, 0.15) is 0 Å². The van der Waals surface area contributed by atoms with Crippen LogP contribution in [0.1, 0.15) is 31.2 Å². The zero-order chi connectivity index (χ0) is 16.8. The highest BCUT2D eigenvalue weighted by molar-refractivity contribution is 5.70. The van der Waals surface area contributed by atoms with Crippen molar-refractivity contribution in [3.63, 3.8) is 0 Å². The fraction of sp³-hybridized carbons (Fsp3) is 0.400. The molecule has 0 bridgehead atoms. The maximum Gasteiger partial charge on any atom is 0.306 e. The summed E-state index contributed by atoms with van der Waals surface area (Å²) in [6, 6.07) is 14.3. The number of para-hydroxylation sites is 1. The molecule has 1 aromatic heterocycles. The Kier molecular flexibility index (Phi) is 5.47. The van der Waals surface area contributed by atoms with Crippen LogP contribution in [0.3, 0.4) is 0 Å². The number of carbonyl (C=O) groups excluding carboxylic acids is 1. The highest BCUT2D eigenvalue weighted by atomic mass is 16.5. The Bertz CT molecular complexity index is 645. The summed E-state index contributed by atoms with van der Waals surface area (Å²) in [6.45, 7) is 4.55. The molecule has 24 heavy (non-hydrogen) atoms. The average Bonchev–Trinajstić information content (AvgIpc) is 3.10. The molecule has 0 spiro atoms. The third-order valence-electron chi connectivity index (χ3n) is 4.64. The number of aromatic nitrogens is 1. The summed E-state index contributed by atoms with van der Waals surface area (Å²) in [5.74, 6) is 0.466. The predicted molar refractivity (Wildman–Crippen MR) is 95.0 cm³/mol. The van der Waals surface area contributed by atoms with E-state index in [1.165, 1.54) is 5.69 Å². The second-order valence-electron chi connectivity index (χ2n) is 6.50. The first-order chi connectivity index (χ1) is 11.7. The van der Waals surface area contributed by atoms with E-state index < -0.39 is 0 Å². The third-order valence-corrected chi connectivity index (χ3v) is 4.64. The second-order valence-corrected chi connectivity index (χ2v) is 6.50. The van der Waals surface area contributed by atoms with Crippen LogP contribution in [0.5, 0.6) is 0 Å². The molecule has 4 nitrogen and oxygen atoms in total. The van der Waals surface area contributed by atoms with Gasteiger partial charge in [0, 0.05) is 37.1 Å². The van der Waals surface area contributed by atoms with Gasteiger partial charge in [0.15, 0.2) is 0 Å². The van der Waals surface area contributed by atoms with Crippen molar-refractivity contribution in [3.8, 4) is 0 Å². The lowest BCUT2D eigenvalue weighted by molar-refractivity contribution is -0.145. The average molecular weight is 324 g/mol. The van der Waals surface area contributed by atoms with Crippen LogP contribution in [0.2, 0.25) is 0 Å². The van der Waals surface area contributed by atoms with E-state index in [9.17, 15) is 4.79 Å². The normalized spacial score (nSPS) is 18.4. The Labute approximate surface area is 143 Å². The van der Waals surface area contributed by atoms with Gasteiger partial charge < -0.3 is 9.64 Å². The molecule has 1 saturated heterocycles. The van der Waals surface area contributed by atoms with Crippen LogP contribution in [-0.4, -0.2) is 30.6 Å². The molecule has 2 heterocycles. The van der Waals surface area contributed by atoms with Gasteiger partial charge in [-0.1, -0.05) is 25.1 Å². The van der Waals surface area contributed by atoms with Crippen LogP contribution in [0.4, 0.5) is 5.69 Å². The summed E-state index contributed by atoms with van der Waals surface area (Å²) in [7, 11) is 0. The molecule has 2 aromatic rings. The molecule has 126 valence electrons. The molecule has 1 fully saturated rings. The van der Waals surface area contributed by atoms with E-state index >= 15 is 0 Å². The number of pyridine rings is 1. The Morgan fingerprint density at radius 1 is 1.25 bits per heavy atom. The first-order valence-electron chi connectivity index (χ1n) is 8.58. The maximum absolute atomic E-state index is 12.1. The van der Waals surface area contributed by atoms with Crippen molar-refractivity contribution in [2.75, 3.05) is 24.6 Å². The Morgan fingerprint density at radius 3 is 2.75 bits per heavy atom. The van der Waals surface area contributed by atoms with E-state index in [1.54, 1.807) is 12.4 Å². The molecule has 2 atom stereocenters. The van der Waals surface area contributed by atoms with E-state index in [2.05, 4.69) is 34.1 Å². The number of benzene rings is 1. The molecule has 1 aliphatic rings. The number of nitrogens with zero attached hydrogens (tertiary/aromatic N) is 2. The summed E-state index contributed by atoms with van der Waals surface area (Å²) in [5.41, 5.74) is 2.37. The summed E-state index contributed by atoms with van der Waals surface area (Å²) in [5, 5.41) is 0. The smallest absolute Gasteiger partial charge is 0.306 e. The van der Waals surface area contributed by atoms with Crippen LogP contribution < -0.4 is 4.90 Å². The largest absolute Gasteiger partial charge is 0.465 e. The summed E-state index contributed by atoms with van der Waals surface area (Å²) in [6.07, 6.45) is 5.00. The molecule has 1 aromatic carbocycles. The van der Waals surface area contributed by atoms with Crippen molar-refractivity contribution in [1.29, 1.82) is 0 Å². The molecule has 3 rings (SSSR count). The molecule has 0 aliphatic carbocycles. The highest BCUT2D eigenvalue weighted by Gasteiger charge is 2.24. The SMILES string of the molecule is C[C@H](CC(=O)OC[C@H]1CCN(c2ccccc2)C1)c1ccncc1. The lowest BCUT2D eigenvalue weighted by atomic mass is 9.99. The molecule has 1 aliphatic heterocycles. The van der Waals surface area contributed by atoms with Gasteiger partial charge in [-0.15, -0.1) is 0 Å². The van der Waals surface area contributed by atoms with Gasteiger partial charge >= 0.3 is 5.97 Å². The van der Waals surface area contributed by atoms with E-state index in [0.29, 0.717) is 18.9 Å². The van der Waals surface area contributed by atoms with Gasteiger partial charge in [-0.2, -0.15) is 0 Å². The summed E-state index contributed by atoms with van der Waals surface area (Å²) < 4.78 is 5.52. The van der Waals surface area contributed by atoms with Crippen molar-refractivity contribution in [1.82, 2.24) is 4.98 Å². The molecule has 0 saturated carbocycles. The number of ether oxygens (including phenoxy) is 1. The Balaban J connectivity index is 1.42. The molecular weight excluding hydrogens is 300 g/mol. The van der Waals surface area contributed by atoms with Crippen molar-refractivity contribution in [2.45, 2.75) is 25.7 Å². The zero-order valence-corrected chi connectivity index (χ0v) is 14.1. The third kappa shape index (κ3) is 4.34. The van der Waals surface area contributed by atoms with Gasteiger partial charge in [0.2, 0.25) is 0 Å². The second kappa shape index (κ2) is 7.95. The Morgan fingerprint density at radius 2 is 2.00 bits per heavy atom. The minimum Gasteiger partial charge on any atom is -0.465 e. The summed E-state index contributed by atoms with van der Waals surface area (Å²) in [4.78, 5) is 18.4. The number of anilines is 1. The van der Waals surface area contributed by atoms with Crippen LogP contribution in [-0.2, 0) is 9.53 Å². The molecular formula is C20H24N2O2. The van der Waals surface area contributed by atoms with Crippen LogP contribution in [0.25, 0.3) is 0 Å². The first kappa shape index (κ1) is 16.5. The lowest BCUT2D eigenvalue weighted by Gasteiger charge is -2.18. The minimum absolute atomic E-state index is 0.113. The number of hydrogen-bond donors (Lipinski definition) is 0. The van der Waals surface area contributed by atoms with E-state index in [-0.39, 0.29) is 11.9 Å². The van der Waals surface area contributed by atoms with Crippen molar-refractivity contribution in [2.24, 2.45) is 5.92 Å². The van der Waals surface area contributed by atoms with Gasteiger partial charge in [-0.25, -0.2) is 0 Å². The van der Waals surface area contributed by atoms with Gasteiger partial charge in [0.05, 0.1) is 13.0 Å². The molecule has 0 amide bonds. The van der Waals surface area contributed by atoms with Crippen molar-refractivity contribution >= 4 is 11.7 Å². The number of rotatable bonds is 6. The standard InChI is InChI=1S/C20H24N2O2/c1-16(18-7-10-21-11-8-18)13-20(23)24-15-17-9-12-22(14-17)19-5-3-2-4-6-19/h2-8,10-11,16-17H,9,12-15H2,1H3/t16-,17+/m1/s1. The van der Waals surface area contributed by atoms with Crippen LogP contribution >= 0.6 is 0 Å². The van der Waals surface area contributed by atoms with Gasteiger partial charge in [-0.05, 0) is 42.2 Å². The maximum atomic E-state index is 12.1. The van der Waals surface area contributed by atoms with E-state index in [0.717, 1.165) is 25.1 Å². The monoisotopic (exact) mass is 324 g/mol. The van der Waals surface area contributed by atoms with E-state index in [1.807, 2.05) is 25.1 Å². The molecule has 0 radical (unpaired) electrons. The molecule has 0 N–H and O–H groups in total. The quantitative estimate of drug-likeness (QED) is 0.761. The van der Waals surface area contributed by atoms with Crippen molar-refractivity contribution < 1.29 is 9.53 Å². The number of hydrogen-bond acceptors (Lipinski definition) is 4. The minimum atomic E-state index is -0.113. The lowest BCUT2D eigenvalue weighted by Crippen LogP contribution is -2.22. The predicted octanol–water partition coefficient (Wildman–Crippen LogP) is 3.64. The van der Waals surface area contributed by atoms with Crippen molar-refractivity contribution in [3.05, 3.63) is 60.4 Å². The summed E-state index contributed by atoms with van der Waals surface area (Å²) >= 11 is 0. The topological polar surface area (TPSA) is 42.4 Å².